The fourth-order valence-corrected chi connectivity index (χ4v) is 2.45. The molecule has 24 heavy (non-hydrogen) atoms. The number of halogens is 1. The number of nitrogens with one attached hydrogen (secondary N) is 2. The van der Waals surface area contributed by atoms with Gasteiger partial charge in [-0.05, 0) is 58.5 Å². The number of carbonyl (C=O) groups is 1. The number of furan rings is 1. The van der Waals surface area contributed by atoms with E-state index in [1.165, 1.54) is 0 Å². The van der Waals surface area contributed by atoms with Crippen molar-refractivity contribution in [1.82, 2.24) is 10.6 Å². The molecule has 128 valence electrons. The lowest BCUT2D eigenvalue weighted by Crippen LogP contribution is -2.38. The molecule has 0 bridgehead atoms. The molecule has 1 aromatic heterocycles. The van der Waals surface area contributed by atoms with E-state index in [0.29, 0.717) is 35.5 Å². The Morgan fingerprint density at radius 1 is 1.33 bits per heavy atom. The van der Waals surface area contributed by atoms with Gasteiger partial charge in [-0.3, -0.25) is 10.1 Å². The van der Waals surface area contributed by atoms with Gasteiger partial charge in [0.2, 0.25) is 0 Å². The Labute approximate surface area is 153 Å². The summed E-state index contributed by atoms with van der Waals surface area (Å²) < 4.78 is 16.3. The zero-order valence-electron chi connectivity index (χ0n) is 13.0. The van der Waals surface area contributed by atoms with Gasteiger partial charge in [-0.1, -0.05) is 0 Å². The molecule has 0 saturated heterocycles. The molecule has 1 heterocycles. The van der Waals surface area contributed by atoms with Crippen LogP contribution in [0.15, 0.2) is 45.5 Å². The van der Waals surface area contributed by atoms with Gasteiger partial charge in [0, 0.05) is 12.7 Å². The molecule has 0 aliphatic heterocycles. The summed E-state index contributed by atoms with van der Waals surface area (Å²) in [7, 11) is 1.61. The van der Waals surface area contributed by atoms with Gasteiger partial charge in [0.1, 0.15) is 18.1 Å². The quantitative estimate of drug-likeness (QED) is 0.537. The van der Waals surface area contributed by atoms with E-state index in [1.54, 1.807) is 37.6 Å². The van der Waals surface area contributed by atoms with Crippen molar-refractivity contribution in [2.45, 2.75) is 6.54 Å². The second-order valence-electron chi connectivity index (χ2n) is 4.70. The van der Waals surface area contributed by atoms with Gasteiger partial charge in [-0.25, -0.2) is 0 Å². The van der Waals surface area contributed by atoms with Gasteiger partial charge in [0.25, 0.3) is 5.91 Å². The van der Waals surface area contributed by atoms with Crippen molar-refractivity contribution in [1.29, 1.82) is 0 Å². The largest absolute Gasteiger partial charge is 0.490 e. The van der Waals surface area contributed by atoms with Crippen molar-refractivity contribution in [3.05, 3.63) is 52.4 Å². The number of ether oxygens (including phenoxy) is 2. The zero-order chi connectivity index (χ0) is 17.4. The number of thiocarbonyl (C=S) groups is 1. The highest BCUT2D eigenvalue weighted by molar-refractivity contribution is 9.10. The predicted octanol–water partition coefficient (Wildman–Crippen LogP) is 2.87. The highest BCUT2D eigenvalue weighted by atomic mass is 79.9. The highest BCUT2D eigenvalue weighted by Gasteiger charge is 2.11. The van der Waals surface area contributed by atoms with Crippen molar-refractivity contribution >= 4 is 39.2 Å². The fraction of sp³-hybridized carbons (Fsp3) is 0.250. The highest BCUT2D eigenvalue weighted by Crippen LogP contribution is 2.26. The normalized spacial score (nSPS) is 10.2. The van der Waals surface area contributed by atoms with Crippen LogP contribution in [0, 0.1) is 0 Å². The number of methoxy groups -OCH3 is 1. The second-order valence-corrected chi connectivity index (χ2v) is 5.97. The molecule has 0 spiro atoms. The van der Waals surface area contributed by atoms with E-state index in [0.717, 1.165) is 5.76 Å². The van der Waals surface area contributed by atoms with E-state index < -0.39 is 0 Å². The van der Waals surface area contributed by atoms with Gasteiger partial charge in [-0.15, -0.1) is 0 Å². The molecule has 0 radical (unpaired) electrons. The molecule has 8 heteroatoms. The Morgan fingerprint density at radius 2 is 2.17 bits per heavy atom. The van der Waals surface area contributed by atoms with Crippen LogP contribution in [0.4, 0.5) is 0 Å². The zero-order valence-corrected chi connectivity index (χ0v) is 15.4. The third kappa shape index (κ3) is 5.63. The summed E-state index contributed by atoms with van der Waals surface area (Å²) in [6.07, 6.45) is 1.58. The first kappa shape index (κ1) is 18.4. The van der Waals surface area contributed by atoms with Crippen LogP contribution in [0.3, 0.4) is 0 Å². The Kier molecular flexibility index (Phi) is 7.23. The van der Waals surface area contributed by atoms with Crippen LogP contribution in [0.1, 0.15) is 16.1 Å². The van der Waals surface area contributed by atoms with E-state index in [2.05, 4.69) is 26.6 Å². The van der Waals surface area contributed by atoms with Crippen molar-refractivity contribution in [2.75, 3.05) is 20.3 Å². The molecule has 0 aliphatic carbocycles. The molecule has 1 aromatic carbocycles. The van der Waals surface area contributed by atoms with E-state index >= 15 is 0 Å². The molecule has 2 rings (SSSR count). The topological polar surface area (TPSA) is 72.7 Å². The van der Waals surface area contributed by atoms with Crippen molar-refractivity contribution in [2.24, 2.45) is 0 Å². The third-order valence-corrected chi connectivity index (χ3v) is 3.84. The van der Waals surface area contributed by atoms with Gasteiger partial charge in [0.05, 0.1) is 23.9 Å². The molecular weight excluding hydrogens is 396 g/mol. The van der Waals surface area contributed by atoms with Gasteiger partial charge >= 0.3 is 0 Å². The number of benzene rings is 1. The lowest BCUT2D eigenvalue weighted by molar-refractivity contribution is 0.0976. The Balaban J connectivity index is 1.87. The maximum Gasteiger partial charge on any atom is 0.257 e. The third-order valence-electron chi connectivity index (χ3n) is 2.97. The summed E-state index contributed by atoms with van der Waals surface area (Å²) in [5.74, 6) is 1.06. The van der Waals surface area contributed by atoms with Crippen LogP contribution in [0.25, 0.3) is 0 Å². The number of rotatable bonds is 7. The minimum atomic E-state index is -0.309. The Morgan fingerprint density at radius 3 is 2.83 bits per heavy atom. The van der Waals surface area contributed by atoms with Gasteiger partial charge in [-0.2, -0.15) is 0 Å². The van der Waals surface area contributed by atoms with E-state index in [9.17, 15) is 4.79 Å². The molecule has 0 unspecified atom stereocenters. The minimum absolute atomic E-state index is 0.230. The van der Waals surface area contributed by atoms with Crippen LogP contribution in [-0.2, 0) is 11.3 Å². The lowest BCUT2D eigenvalue weighted by Gasteiger charge is -2.11. The van der Waals surface area contributed by atoms with E-state index in [4.69, 9.17) is 26.1 Å². The van der Waals surface area contributed by atoms with Gasteiger partial charge < -0.3 is 19.2 Å². The Hall–Kier alpha value is -1.90. The summed E-state index contributed by atoms with van der Waals surface area (Å²) in [5.41, 5.74) is 0.461. The summed E-state index contributed by atoms with van der Waals surface area (Å²) >= 11 is 8.48. The van der Waals surface area contributed by atoms with Crippen molar-refractivity contribution in [3.63, 3.8) is 0 Å². The average Bonchev–Trinajstić information content (AvgIpc) is 3.08. The van der Waals surface area contributed by atoms with Crippen molar-refractivity contribution < 1.29 is 18.7 Å². The van der Waals surface area contributed by atoms with Crippen LogP contribution in [-0.4, -0.2) is 31.3 Å². The summed E-state index contributed by atoms with van der Waals surface area (Å²) in [4.78, 5) is 12.2. The first-order valence-electron chi connectivity index (χ1n) is 7.13. The first-order valence-corrected chi connectivity index (χ1v) is 8.33. The average molecular weight is 413 g/mol. The molecular formula is C16H17BrN2O4S. The molecule has 0 aliphatic rings. The number of amides is 1. The minimum Gasteiger partial charge on any atom is -0.490 e. The van der Waals surface area contributed by atoms with E-state index in [-0.39, 0.29) is 11.0 Å². The molecule has 1 amide bonds. The standard InChI is InChI=1S/C16H17BrN2O4S/c1-21-7-8-23-14-5-4-11(9-13(14)17)15(20)19-16(24)18-10-12-3-2-6-22-12/h2-6,9H,7-8,10H2,1H3,(H2,18,19,20,24). The maximum absolute atomic E-state index is 12.2. The molecule has 2 aromatic rings. The molecule has 2 N–H and O–H groups in total. The second kappa shape index (κ2) is 9.41. The number of carbonyl (C=O) groups excluding carboxylic acids is 1. The number of hydrogen-bond acceptors (Lipinski definition) is 5. The summed E-state index contributed by atoms with van der Waals surface area (Å²) in [5, 5.41) is 5.75. The molecule has 0 atom stereocenters. The van der Waals surface area contributed by atoms with E-state index in [1.807, 2.05) is 6.07 Å². The number of hydrogen-bond donors (Lipinski definition) is 2. The van der Waals surface area contributed by atoms with Crippen LogP contribution >= 0.6 is 28.1 Å². The first-order chi connectivity index (χ1) is 11.6. The smallest absolute Gasteiger partial charge is 0.257 e. The molecule has 6 nitrogen and oxygen atoms in total. The van der Waals surface area contributed by atoms with Crippen LogP contribution < -0.4 is 15.4 Å². The van der Waals surface area contributed by atoms with Crippen molar-refractivity contribution in [3.8, 4) is 5.75 Å². The van der Waals surface area contributed by atoms with Crippen LogP contribution in [0.5, 0.6) is 5.75 Å². The summed E-state index contributed by atoms with van der Waals surface area (Å²) in [6.45, 7) is 1.33. The monoisotopic (exact) mass is 412 g/mol. The SMILES string of the molecule is COCCOc1ccc(C(=O)NC(=S)NCc2ccco2)cc1Br. The molecule has 0 fully saturated rings. The molecule has 0 saturated carbocycles. The fourth-order valence-electron chi connectivity index (χ4n) is 1.79. The summed E-state index contributed by atoms with van der Waals surface area (Å²) in [6, 6.07) is 8.65. The Bertz CT molecular complexity index is 691. The van der Waals surface area contributed by atoms with Crippen LogP contribution in [0.2, 0.25) is 0 Å². The lowest BCUT2D eigenvalue weighted by atomic mass is 10.2. The van der Waals surface area contributed by atoms with Gasteiger partial charge in [0.15, 0.2) is 5.11 Å². The predicted molar refractivity (Wildman–Crippen MR) is 97.1 cm³/mol. The maximum atomic E-state index is 12.2.